The second-order valence-electron chi connectivity index (χ2n) is 6.63. The molecule has 2 aromatic rings. The fraction of sp³-hybridized carbons (Fsp3) is 0.333. The Bertz CT molecular complexity index is 1060. The lowest BCUT2D eigenvalue weighted by atomic mass is 10.2. The van der Waals surface area contributed by atoms with Crippen molar-refractivity contribution in [2.75, 3.05) is 42.3 Å². The molecule has 13 heteroatoms. The molecule has 0 atom stereocenters. The first-order valence-electron chi connectivity index (χ1n) is 8.96. The van der Waals surface area contributed by atoms with Crippen LogP contribution in [0.4, 0.5) is 24.7 Å². The fourth-order valence-corrected chi connectivity index (χ4v) is 4.71. The van der Waals surface area contributed by atoms with E-state index in [2.05, 4.69) is 10.3 Å². The van der Waals surface area contributed by atoms with Crippen molar-refractivity contribution in [3.05, 3.63) is 47.1 Å². The zero-order chi connectivity index (χ0) is 22.8. The molecule has 168 valence electrons. The van der Waals surface area contributed by atoms with E-state index in [4.69, 9.17) is 23.2 Å². The lowest BCUT2D eigenvalue weighted by Crippen LogP contribution is -2.49. The van der Waals surface area contributed by atoms with Crippen molar-refractivity contribution in [1.29, 1.82) is 0 Å². The molecule has 1 fully saturated rings. The topological polar surface area (TPSA) is 82.6 Å². The minimum atomic E-state index is -4.57. The summed E-state index contributed by atoms with van der Waals surface area (Å²) < 4.78 is 66.0. The van der Waals surface area contributed by atoms with Gasteiger partial charge < -0.3 is 10.2 Å². The summed E-state index contributed by atoms with van der Waals surface area (Å²) >= 11 is 11.1. The van der Waals surface area contributed by atoms with Crippen LogP contribution in [0, 0.1) is 0 Å². The Labute approximate surface area is 186 Å². The number of aromatic nitrogens is 1. The van der Waals surface area contributed by atoms with Gasteiger partial charge in [0.1, 0.15) is 16.9 Å². The molecule has 0 aliphatic carbocycles. The van der Waals surface area contributed by atoms with Crippen LogP contribution in [0.25, 0.3) is 0 Å². The van der Waals surface area contributed by atoms with Crippen LogP contribution >= 0.6 is 23.2 Å². The van der Waals surface area contributed by atoms with E-state index in [1.54, 1.807) is 4.90 Å². The average molecular weight is 497 g/mol. The van der Waals surface area contributed by atoms with Crippen LogP contribution in [0.5, 0.6) is 0 Å². The maximum atomic E-state index is 13.0. The Balaban J connectivity index is 1.70. The Morgan fingerprint density at radius 3 is 2.26 bits per heavy atom. The van der Waals surface area contributed by atoms with Crippen LogP contribution < -0.4 is 10.2 Å². The number of amides is 1. The molecule has 3 rings (SSSR count). The van der Waals surface area contributed by atoms with E-state index in [9.17, 15) is 26.4 Å². The number of rotatable bonds is 5. The van der Waals surface area contributed by atoms with Crippen LogP contribution in [0.2, 0.25) is 5.15 Å². The highest BCUT2D eigenvalue weighted by Crippen LogP contribution is 2.33. The summed E-state index contributed by atoms with van der Waals surface area (Å²) in [6.07, 6.45) is -4.57. The normalized spacial score (nSPS) is 15.7. The van der Waals surface area contributed by atoms with Crippen molar-refractivity contribution in [3.8, 4) is 0 Å². The van der Waals surface area contributed by atoms with Gasteiger partial charge >= 0.3 is 6.18 Å². The molecule has 31 heavy (non-hydrogen) atoms. The van der Waals surface area contributed by atoms with Crippen LogP contribution in [-0.2, 0) is 21.0 Å². The van der Waals surface area contributed by atoms with E-state index in [0.717, 1.165) is 12.1 Å². The number of sulfonamides is 1. The van der Waals surface area contributed by atoms with Gasteiger partial charge in [0.25, 0.3) is 0 Å². The standard InChI is InChI=1S/C18H17Cl2F3N4O3S/c19-11-17(28)24-13-1-3-14(4-2-13)31(29,30)27-7-5-26(6-8-27)16-10-12(18(21,22)23)9-15(20)25-16/h1-4,9-10H,5-8,11H2,(H,24,28). The molecule has 1 aliphatic heterocycles. The van der Waals surface area contributed by atoms with E-state index in [1.165, 1.54) is 28.6 Å². The van der Waals surface area contributed by atoms with Crippen molar-refractivity contribution < 1.29 is 26.4 Å². The van der Waals surface area contributed by atoms with Crippen LogP contribution in [0.1, 0.15) is 5.56 Å². The van der Waals surface area contributed by atoms with Crippen molar-refractivity contribution in [3.63, 3.8) is 0 Å². The molecule has 1 aromatic heterocycles. The minimum Gasteiger partial charge on any atom is -0.354 e. The Kier molecular flexibility index (Phi) is 6.99. The van der Waals surface area contributed by atoms with Crippen molar-refractivity contribution in [2.24, 2.45) is 0 Å². The molecule has 0 spiro atoms. The molecule has 2 heterocycles. The summed E-state index contributed by atoms with van der Waals surface area (Å²) in [5.41, 5.74) is -0.513. The summed E-state index contributed by atoms with van der Waals surface area (Å²) in [4.78, 5) is 16.8. The van der Waals surface area contributed by atoms with Gasteiger partial charge in [-0.25, -0.2) is 13.4 Å². The Morgan fingerprint density at radius 2 is 1.71 bits per heavy atom. The maximum Gasteiger partial charge on any atom is 0.416 e. The highest BCUT2D eigenvalue weighted by atomic mass is 35.5. The first-order valence-corrected chi connectivity index (χ1v) is 11.3. The third-order valence-electron chi connectivity index (χ3n) is 4.57. The summed E-state index contributed by atoms with van der Waals surface area (Å²) in [5, 5.41) is 2.22. The highest BCUT2D eigenvalue weighted by Gasteiger charge is 2.33. The number of benzene rings is 1. The monoisotopic (exact) mass is 496 g/mol. The molecular formula is C18H17Cl2F3N4O3S. The third kappa shape index (κ3) is 5.59. The number of hydrogen-bond acceptors (Lipinski definition) is 5. The summed E-state index contributed by atoms with van der Waals surface area (Å²) in [6.45, 7) is 0.409. The fourth-order valence-electron chi connectivity index (χ4n) is 3.02. The number of hydrogen-bond donors (Lipinski definition) is 1. The number of alkyl halides is 4. The minimum absolute atomic E-state index is 0.0325. The summed E-state index contributed by atoms with van der Waals surface area (Å²) in [5.74, 6) is -0.607. The molecular weight excluding hydrogens is 480 g/mol. The molecule has 1 N–H and O–H groups in total. The van der Waals surface area contributed by atoms with Gasteiger partial charge in [0.05, 0.1) is 10.5 Å². The second kappa shape index (κ2) is 9.19. The lowest BCUT2D eigenvalue weighted by molar-refractivity contribution is -0.137. The second-order valence-corrected chi connectivity index (χ2v) is 9.22. The van der Waals surface area contributed by atoms with Gasteiger partial charge in [-0.15, -0.1) is 11.6 Å². The van der Waals surface area contributed by atoms with Crippen LogP contribution in [0.15, 0.2) is 41.3 Å². The van der Waals surface area contributed by atoms with Gasteiger partial charge in [-0.3, -0.25) is 4.79 Å². The molecule has 0 radical (unpaired) electrons. The predicted molar refractivity (Wildman–Crippen MR) is 111 cm³/mol. The first-order chi connectivity index (χ1) is 14.5. The van der Waals surface area contributed by atoms with E-state index in [1.807, 2.05) is 0 Å². The van der Waals surface area contributed by atoms with E-state index in [0.29, 0.717) is 5.69 Å². The first kappa shape index (κ1) is 23.6. The van der Waals surface area contributed by atoms with Gasteiger partial charge in [0.15, 0.2) is 0 Å². The van der Waals surface area contributed by atoms with Gasteiger partial charge in [0.2, 0.25) is 15.9 Å². The number of piperazine rings is 1. The Morgan fingerprint density at radius 1 is 1.10 bits per heavy atom. The van der Waals surface area contributed by atoms with E-state index >= 15 is 0 Å². The van der Waals surface area contributed by atoms with Crippen molar-refractivity contribution in [2.45, 2.75) is 11.1 Å². The number of carbonyl (C=O) groups excluding carboxylic acids is 1. The van der Waals surface area contributed by atoms with Crippen LogP contribution in [-0.4, -0.2) is 55.7 Å². The molecule has 0 unspecified atom stereocenters. The zero-order valence-electron chi connectivity index (χ0n) is 15.9. The van der Waals surface area contributed by atoms with Gasteiger partial charge in [0, 0.05) is 31.9 Å². The van der Waals surface area contributed by atoms with Crippen LogP contribution in [0.3, 0.4) is 0 Å². The number of nitrogens with zero attached hydrogens (tertiary/aromatic N) is 3. The molecule has 1 aliphatic rings. The number of nitrogens with one attached hydrogen (secondary N) is 1. The highest BCUT2D eigenvalue weighted by molar-refractivity contribution is 7.89. The number of carbonyl (C=O) groups is 1. The van der Waals surface area contributed by atoms with Crippen molar-refractivity contribution >= 4 is 50.6 Å². The van der Waals surface area contributed by atoms with Crippen molar-refractivity contribution in [1.82, 2.24) is 9.29 Å². The maximum absolute atomic E-state index is 13.0. The molecule has 0 bridgehead atoms. The number of pyridine rings is 1. The predicted octanol–water partition coefficient (Wildman–Crippen LogP) is 3.44. The van der Waals surface area contributed by atoms with Gasteiger partial charge in [-0.1, -0.05) is 11.6 Å². The molecule has 7 nitrogen and oxygen atoms in total. The number of anilines is 2. The SMILES string of the molecule is O=C(CCl)Nc1ccc(S(=O)(=O)N2CCN(c3cc(C(F)(F)F)cc(Cl)n3)CC2)cc1. The van der Waals surface area contributed by atoms with Gasteiger partial charge in [-0.05, 0) is 36.4 Å². The summed E-state index contributed by atoms with van der Waals surface area (Å²) in [7, 11) is -3.82. The average Bonchev–Trinajstić information content (AvgIpc) is 2.73. The smallest absolute Gasteiger partial charge is 0.354 e. The summed E-state index contributed by atoms with van der Waals surface area (Å²) in [6, 6.07) is 7.25. The zero-order valence-corrected chi connectivity index (χ0v) is 18.2. The third-order valence-corrected chi connectivity index (χ3v) is 6.92. The van der Waals surface area contributed by atoms with E-state index in [-0.39, 0.29) is 47.9 Å². The molecule has 0 saturated carbocycles. The molecule has 1 amide bonds. The largest absolute Gasteiger partial charge is 0.416 e. The van der Waals surface area contributed by atoms with E-state index < -0.39 is 27.7 Å². The lowest BCUT2D eigenvalue weighted by Gasteiger charge is -2.35. The molecule has 1 aromatic carbocycles. The van der Waals surface area contributed by atoms with Gasteiger partial charge in [-0.2, -0.15) is 17.5 Å². The quantitative estimate of drug-likeness (QED) is 0.506. The Hall–Kier alpha value is -2.08. The number of halogens is 5. The molecule has 1 saturated heterocycles.